The summed E-state index contributed by atoms with van der Waals surface area (Å²) in [5.74, 6) is 0.810. The van der Waals surface area contributed by atoms with E-state index in [2.05, 4.69) is 5.32 Å². The number of amides is 1. The molecule has 7 heteroatoms. The lowest BCUT2D eigenvalue weighted by atomic mass is 10.1. The molecule has 0 spiro atoms. The lowest BCUT2D eigenvalue weighted by Gasteiger charge is -2.14. The number of nitro benzene ring substituents is 1. The highest BCUT2D eigenvalue weighted by atomic mass is 16.6. The minimum Gasteiger partial charge on any atom is -0.497 e. The van der Waals surface area contributed by atoms with Gasteiger partial charge >= 0.3 is 0 Å². The largest absolute Gasteiger partial charge is 0.497 e. The van der Waals surface area contributed by atoms with Crippen molar-refractivity contribution in [3.63, 3.8) is 0 Å². The van der Waals surface area contributed by atoms with Crippen molar-refractivity contribution in [3.05, 3.63) is 69.5 Å². The molecule has 2 aromatic carbocycles. The lowest BCUT2D eigenvalue weighted by Crippen LogP contribution is -2.27. The van der Waals surface area contributed by atoms with E-state index < -0.39 is 11.0 Å². The zero-order valence-electron chi connectivity index (χ0n) is 14.6. The van der Waals surface area contributed by atoms with Gasteiger partial charge in [-0.25, -0.2) is 0 Å². The number of carbonyl (C=O) groups is 1. The number of nitrogens with one attached hydrogen (secondary N) is 1. The number of carbonyl (C=O) groups excluding carboxylic acids is 1. The van der Waals surface area contributed by atoms with E-state index in [0.717, 1.165) is 0 Å². The van der Waals surface area contributed by atoms with Crippen LogP contribution in [0.1, 0.15) is 34.6 Å². The fraction of sp³-hybridized carbons (Fsp3) is 0.211. The SMILES string of the molecule is COc1ccc2oc(C)c(C(=O)NC(C)c3cccc([N+](=O)[O-])c3)c2c1. The topological polar surface area (TPSA) is 94.6 Å². The maximum Gasteiger partial charge on any atom is 0.269 e. The van der Waals surface area contributed by atoms with Crippen molar-refractivity contribution < 1.29 is 18.9 Å². The minimum absolute atomic E-state index is 0.0155. The van der Waals surface area contributed by atoms with Crippen LogP contribution in [0.15, 0.2) is 46.9 Å². The Hall–Kier alpha value is -3.35. The number of benzene rings is 2. The van der Waals surface area contributed by atoms with Gasteiger partial charge in [-0.05, 0) is 37.6 Å². The number of fused-ring (bicyclic) bond motifs is 1. The maximum atomic E-state index is 12.8. The van der Waals surface area contributed by atoms with Crippen LogP contribution in [0.4, 0.5) is 5.69 Å². The molecule has 1 amide bonds. The molecule has 0 saturated carbocycles. The Morgan fingerprint density at radius 1 is 1.27 bits per heavy atom. The van der Waals surface area contributed by atoms with Gasteiger partial charge in [0.05, 0.1) is 23.6 Å². The molecular formula is C19H18N2O5. The standard InChI is InChI=1S/C19H18N2O5/c1-11(13-5-4-6-14(9-13)21(23)24)20-19(22)18-12(2)26-17-8-7-15(25-3)10-16(17)18/h4-11H,1-3H3,(H,20,22). The Morgan fingerprint density at radius 2 is 2.04 bits per heavy atom. The molecule has 1 atom stereocenters. The van der Waals surface area contributed by atoms with Gasteiger partial charge in [-0.2, -0.15) is 0 Å². The molecule has 3 aromatic rings. The van der Waals surface area contributed by atoms with Crippen molar-refractivity contribution in [2.24, 2.45) is 0 Å². The molecule has 0 radical (unpaired) electrons. The maximum absolute atomic E-state index is 12.8. The third-order valence-electron chi connectivity index (χ3n) is 4.23. The van der Waals surface area contributed by atoms with E-state index in [0.29, 0.717) is 33.6 Å². The zero-order chi connectivity index (χ0) is 18.8. The average molecular weight is 354 g/mol. The summed E-state index contributed by atoms with van der Waals surface area (Å²) in [6.07, 6.45) is 0. The average Bonchev–Trinajstić information content (AvgIpc) is 2.96. The monoisotopic (exact) mass is 354 g/mol. The first-order chi connectivity index (χ1) is 12.4. The molecule has 3 rings (SSSR count). The van der Waals surface area contributed by atoms with Gasteiger partial charge in [-0.1, -0.05) is 12.1 Å². The highest BCUT2D eigenvalue weighted by Gasteiger charge is 2.21. The predicted molar refractivity (Wildman–Crippen MR) is 96.5 cm³/mol. The van der Waals surface area contributed by atoms with E-state index in [9.17, 15) is 14.9 Å². The summed E-state index contributed by atoms with van der Waals surface area (Å²) in [4.78, 5) is 23.3. The Balaban J connectivity index is 1.90. The number of hydrogen-bond acceptors (Lipinski definition) is 5. The van der Waals surface area contributed by atoms with E-state index in [1.807, 2.05) is 0 Å². The second-order valence-electron chi connectivity index (χ2n) is 5.94. The second kappa shape index (κ2) is 6.87. The van der Waals surface area contributed by atoms with Crippen LogP contribution < -0.4 is 10.1 Å². The van der Waals surface area contributed by atoms with Crippen LogP contribution in [-0.4, -0.2) is 17.9 Å². The Kier molecular flexibility index (Phi) is 4.62. The van der Waals surface area contributed by atoms with Gasteiger partial charge in [-0.3, -0.25) is 14.9 Å². The van der Waals surface area contributed by atoms with Crippen LogP contribution in [0.2, 0.25) is 0 Å². The molecule has 1 N–H and O–H groups in total. The van der Waals surface area contributed by atoms with E-state index in [1.54, 1.807) is 51.3 Å². The van der Waals surface area contributed by atoms with Gasteiger partial charge in [0, 0.05) is 17.5 Å². The number of methoxy groups -OCH3 is 1. The number of furan rings is 1. The minimum atomic E-state index is -0.460. The van der Waals surface area contributed by atoms with Crippen LogP contribution >= 0.6 is 0 Å². The molecule has 26 heavy (non-hydrogen) atoms. The summed E-state index contributed by atoms with van der Waals surface area (Å²) >= 11 is 0. The fourth-order valence-corrected chi connectivity index (χ4v) is 2.87. The van der Waals surface area contributed by atoms with Crippen molar-refractivity contribution in [2.45, 2.75) is 19.9 Å². The molecule has 134 valence electrons. The van der Waals surface area contributed by atoms with Crippen molar-refractivity contribution in [1.29, 1.82) is 0 Å². The van der Waals surface area contributed by atoms with Gasteiger partial charge in [0.1, 0.15) is 17.1 Å². The summed E-state index contributed by atoms with van der Waals surface area (Å²) < 4.78 is 10.9. The van der Waals surface area contributed by atoms with E-state index in [1.165, 1.54) is 12.1 Å². The van der Waals surface area contributed by atoms with Gasteiger partial charge in [0.25, 0.3) is 11.6 Å². The normalized spacial score (nSPS) is 12.0. The summed E-state index contributed by atoms with van der Waals surface area (Å²) in [5.41, 5.74) is 1.65. The van der Waals surface area contributed by atoms with Gasteiger partial charge < -0.3 is 14.5 Å². The number of rotatable bonds is 5. The highest BCUT2D eigenvalue weighted by molar-refractivity contribution is 6.07. The van der Waals surface area contributed by atoms with Crippen molar-refractivity contribution >= 4 is 22.6 Å². The quantitative estimate of drug-likeness (QED) is 0.548. The molecule has 0 aliphatic rings. The number of nitro groups is 1. The van der Waals surface area contributed by atoms with Gasteiger partial charge in [-0.15, -0.1) is 0 Å². The molecule has 0 aliphatic carbocycles. The first-order valence-electron chi connectivity index (χ1n) is 8.03. The van der Waals surface area contributed by atoms with Crippen LogP contribution in [0.25, 0.3) is 11.0 Å². The molecule has 1 unspecified atom stereocenters. The first kappa shape index (κ1) is 17.5. The Bertz CT molecular complexity index is 993. The van der Waals surface area contributed by atoms with Crippen molar-refractivity contribution in [2.75, 3.05) is 7.11 Å². The summed E-state index contributed by atoms with van der Waals surface area (Å²) in [6, 6.07) is 11.1. The van der Waals surface area contributed by atoms with E-state index in [-0.39, 0.29) is 11.6 Å². The second-order valence-corrected chi connectivity index (χ2v) is 5.94. The summed E-state index contributed by atoms with van der Waals surface area (Å²) in [7, 11) is 1.55. The van der Waals surface area contributed by atoms with Gasteiger partial charge in [0.2, 0.25) is 0 Å². The smallest absolute Gasteiger partial charge is 0.269 e. The Labute approximate surface area is 149 Å². The van der Waals surface area contributed by atoms with Crippen LogP contribution in [0, 0.1) is 17.0 Å². The molecule has 0 saturated heterocycles. The van der Waals surface area contributed by atoms with E-state index >= 15 is 0 Å². The number of aryl methyl sites for hydroxylation is 1. The lowest BCUT2D eigenvalue weighted by molar-refractivity contribution is -0.384. The molecular weight excluding hydrogens is 336 g/mol. The van der Waals surface area contributed by atoms with Crippen LogP contribution in [-0.2, 0) is 0 Å². The molecule has 0 fully saturated rings. The number of non-ortho nitro benzene ring substituents is 1. The fourth-order valence-electron chi connectivity index (χ4n) is 2.87. The predicted octanol–water partition coefficient (Wildman–Crippen LogP) is 4.15. The van der Waals surface area contributed by atoms with Gasteiger partial charge in [0.15, 0.2) is 0 Å². The zero-order valence-corrected chi connectivity index (χ0v) is 14.6. The summed E-state index contributed by atoms with van der Waals surface area (Å²) in [5, 5.41) is 14.5. The number of nitrogens with zero attached hydrogens (tertiary/aromatic N) is 1. The van der Waals surface area contributed by atoms with Crippen LogP contribution in [0.5, 0.6) is 5.75 Å². The number of hydrogen-bond donors (Lipinski definition) is 1. The molecule has 0 aliphatic heterocycles. The third kappa shape index (κ3) is 3.23. The third-order valence-corrected chi connectivity index (χ3v) is 4.23. The molecule has 1 heterocycles. The van der Waals surface area contributed by atoms with Crippen molar-refractivity contribution in [3.8, 4) is 5.75 Å². The van der Waals surface area contributed by atoms with Crippen molar-refractivity contribution in [1.82, 2.24) is 5.32 Å². The highest BCUT2D eigenvalue weighted by Crippen LogP contribution is 2.29. The molecule has 1 aromatic heterocycles. The molecule has 7 nitrogen and oxygen atoms in total. The van der Waals surface area contributed by atoms with Crippen LogP contribution in [0.3, 0.4) is 0 Å². The van der Waals surface area contributed by atoms with E-state index in [4.69, 9.17) is 9.15 Å². The number of ether oxygens (including phenoxy) is 1. The first-order valence-corrected chi connectivity index (χ1v) is 8.03. The molecule has 0 bridgehead atoms. The summed E-state index contributed by atoms with van der Waals surface area (Å²) in [6.45, 7) is 3.49. The Morgan fingerprint density at radius 3 is 2.73 bits per heavy atom.